The number of nitrogens with one attached hydrogen (secondary N) is 1. The highest BCUT2D eigenvalue weighted by Crippen LogP contribution is 2.38. The van der Waals surface area contributed by atoms with E-state index in [0.717, 1.165) is 13.1 Å². The van der Waals surface area contributed by atoms with Crippen molar-refractivity contribution in [1.82, 2.24) is 15.2 Å². The summed E-state index contributed by atoms with van der Waals surface area (Å²) in [6, 6.07) is 7.96. The van der Waals surface area contributed by atoms with E-state index in [1.54, 1.807) is 18.2 Å². The van der Waals surface area contributed by atoms with E-state index in [0.29, 0.717) is 37.6 Å². The Kier molecular flexibility index (Phi) is 6.73. The Balaban J connectivity index is 1.75. The number of anilines is 2. The van der Waals surface area contributed by atoms with Gasteiger partial charge in [0.25, 0.3) is 0 Å². The first-order valence-electron chi connectivity index (χ1n) is 10.2. The van der Waals surface area contributed by atoms with Crippen LogP contribution >= 0.6 is 0 Å². The summed E-state index contributed by atoms with van der Waals surface area (Å²) >= 11 is 0. The summed E-state index contributed by atoms with van der Waals surface area (Å²) in [5, 5.41) is 31.2. The minimum Gasteiger partial charge on any atom is -0.379 e. The second kappa shape index (κ2) is 9.85. The number of ether oxygens (including phenoxy) is 1. The molecule has 1 aromatic heterocycles. The van der Waals surface area contributed by atoms with Crippen LogP contribution in [0.15, 0.2) is 35.0 Å². The van der Waals surface area contributed by atoms with Gasteiger partial charge in [-0.2, -0.15) is 0 Å². The number of nitrogens with zero attached hydrogens (tertiary/aromatic N) is 5. The van der Waals surface area contributed by atoms with Crippen molar-refractivity contribution in [3.8, 4) is 0 Å². The number of fused-ring (bicyclic) bond motifs is 1. The van der Waals surface area contributed by atoms with E-state index in [-0.39, 0.29) is 34.8 Å². The minimum absolute atomic E-state index is 0.0478. The van der Waals surface area contributed by atoms with Crippen LogP contribution in [-0.4, -0.2) is 71.4 Å². The molecule has 2 aromatic carbocycles. The maximum atomic E-state index is 14.4. The lowest BCUT2D eigenvalue weighted by Crippen LogP contribution is -2.41. The number of hydrogen-bond donors (Lipinski definition) is 2. The van der Waals surface area contributed by atoms with Crippen LogP contribution in [0.25, 0.3) is 11.0 Å². The van der Waals surface area contributed by atoms with Crippen molar-refractivity contribution < 1.29 is 23.8 Å². The lowest BCUT2D eigenvalue weighted by molar-refractivity contribution is -0.382. The van der Waals surface area contributed by atoms with Crippen molar-refractivity contribution in [3.05, 3.63) is 51.8 Å². The molecule has 0 atom stereocenters. The fourth-order valence-electron chi connectivity index (χ4n) is 3.76. The van der Waals surface area contributed by atoms with E-state index >= 15 is 0 Å². The Morgan fingerprint density at radius 2 is 2.00 bits per heavy atom. The summed E-state index contributed by atoms with van der Waals surface area (Å²) in [6.07, 6.45) is 0. The fourth-order valence-corrected chi connectivity index (χ4v) is 3.76. The van der Waals surface area contributed by atoms with Gasteiger partial charge in [-0.25, -0.2) is 9.02 Å². The van der Waals surface area contributed by atoms with Crippen LogP contribution in [0.4, 0.5) is 21.5 Å². The molecule has 3 aromatic rings. The van der Waals surface area contributed by atoms with E-state index in [2.05, 4.69) is 20.5 Å². The highest BCUT2D eigenvalue weighted by atomic mass is 19.1. The van der Waals surface area contributed by atoms with Gasteiger partial charge in [0.2, 0.25) is 5.52 Å². The molecular weight excluding hydrogens is 423 g/mol. The molecule has 0 amide bonds. The third-order valence-electron chi connectivity index (χ3n) is 5.39. The van der Waals surface area contributed by atoms with Gasteiger partial charge in [-0.3, -0.25) is 15.0 Å². The van der Waals surface area contributed by atoms with Gasteiger partial charge in [-0.15, -0.1) is 0 Å². The molecule has 170 valence electrons. The van der Waals surface area contributed by atoms with Crippen molar-refractivity contribution in [2.45, 2.75) is 6.54 Å². The number of aliphatic hydroxyl groups is 1. The van der Waals surface area contributed by atoms with Crippen LogP contribution in [0.1, 0.15) is 5.56 Å². The normalized spacial score (nSPS) is 14.6. The predicted molar refractivity (Wildman–Crippen MR) is 114 cm³/mol. The molecule has 1 aliphatic rings. The lowest BCUT2D eigenvalue weighted by Gasteiger charge is -2.31. The van der Waals surface area contributed by atoms with Gasteiger partial charge in [-0.05, 0) is 22.4 Å². The van der Waals surface area contributed by atoms with Crippen molar-refractivity contribution in [2.75, 3.05) is 56.3 Å². The number of hydrogen-bond acceptors (Lipinski definition) is 10. The van der Waals surface area contributed by atoms with E-state index in [1.807, 2.05) is 4.90 Å². The fraction of sp³-hybridized carbons (Fsp3) is 0.400. The molecule has 1 fully saturated rings. The maximum Gasteiger partial charge on any atom is 0.323 e. The Bertz CT molecular complexity index is 1090. The Labute approximate surface area is 182 Å². The molecular formula is C20H23FN6O5. The Morgan fingerprint density at radius 3 is 2.72 bits per heavy atom. The zero-order chi connectivity index (χ0) is 22.5. The van der Waals surface area contributed by atoms with Crippen molar-refractivity contribution in [1.29, 1.82) is 0 Å². The van der Waals surface area contributed by atoms with Crippen LogP contribution in [0, 0.1) is 15.9 Å². The number of rotatable bonds is 9. The second-order valence-corrected chi connectivity index (χ2v) is 7.31. The zero-order valence-corrected chi connectivity index (χ0v) is 17.2. The third kappa shape index (κ3) is 4.61. The second-order valence-electron chi connectivity index (χ2n) is 7.31. The molecule has 11 nitrogen and oxygen atoms in total. The number of benzene rings is 2. The van der Waals surface area contributed by atoms with Crippen LogP contribution in [0.2, 0.25) is 0 Å². The molecule has 0 radical (unpaired) electrons. The highest BCUT2D eigenvalue weighted by molar-refractivity contribution is 5.99. The van der Waals surface area contributed by atoms with Gasteiger partial charge in [0.15, 0.2) is 5.52 Å². The van der Waals surface area contributed by atoms with Crippen LogP contribution < -0.4 is 10.2 Å². The van der Waals surface area contributed by atoms with Crippen LogP contribution in [-0.2, 0) is 11.3 Å². The molecule has 1 saturated heterocycles. The minimum atomic E-state index is -0.608. The quantitative estimate of drug-likeness (QED) is 0.286. The van der Waals surface area contributed by atoms with Crippen molar-refractivity contribution >= 4 is 28.1 Å². The average molecular weight is 446 g/mol. The molecule has 0 unspecified atom stereocenters. The van der Waals surface area contributed by atoms with Gasteiger partial charge in [0, 0.05) is 38.3 Å². The van der Waals surface area contributed by atoms with Crippen LogP contribution in [0.3, 0.4) is 0 Å². The predicted octanol–water partition coefficient (Wildman–Crippen LogP) is 1.97. The molecule has 4 rings (SSSR count). The molecule has 1 aliphatic heterocycles. The Morgan fingerprint density at radius 1 is 1.25 bits per heavy atom. The molecule has 2 heterocycles. The first-order valence-corrected chi connectivity index (χ1v) is 10.2. The van der Waals surface area contributed by atoms with Gasteiger partial charge in [0.05, 0.1) is 23.8 Å². The number of aromatic nitrogens is 2. The zero-order valence-electron chi connectivity index (χ0n) is 17.2. The lowest BCUT2D eigenvalue weighted by atomic mass is 10.1. The summed E-state index contributed by atoms with van der Waals surface area (Å²) < 4.78 is 24.7. The monoisotopic (exact) mass is 446 g/mol. The average Bonchev–Trinajstić information content (AvgIpc) is 3.27. The topological polar surface area (TPSA) is 130 Å². The summed E-state index contributed by atoms with van der Waals surface area (Å²) in [7, 11) is 0. The Hall–Kier alpha value is -3.35. The van der Waals surface area contributed by atoms with Crippen LogP contribution in [0.5, 0.6) is 0 Å². The maximum absolute atomic E-state index is 14.4. The van der Waals surface area contributed by atoms with Crippen molar-refractivity contribution in [3.63, 3.8) is 0 Å². The smallest absolute Gasteiger partial charge is 0.323 e. The summed E-state index contributed by atoms with van der Waals surface area (Å²) in [6.45, 7) is 3.71. The van der Waals surface area contributed by atoms with Gasteiger partial charge >= 0.3 is 5.69 Å². The van der Waals surface area contributed by atoms with E-state index in [4.69, 9.17) is 9.37 Å². The summed E-state index contributed by atoms with van der Waals surface area (Å²) in [4.78, 5) is 15.2. The summed E-state index contributed by atoms with van der Waals surface area (Å²) in [5.74, 6) is -0.353. The molecule has 0 spiro atoms. The number of halogens is 1. The number of aliphatic hydroxyl groups excluding tert-OH is 1. The molecule has 0 bridgehead atoms. The highest BCUT2D eigenvalue weighted by Gasteiger charge is 2.28. The SMILES string of the molecule is O=[N+]([O-])c1c(NCO)cc(N(CCN2CCOCC2)Cc2ccccc2F)c2nonc12. The third-order valence-corrected chi connectivity index (χ3v) is 5.39. The van der Waals surface area contributed by atoms with Crippen molar-refractivity contribution in [2.24, 2.45) is 0 Å². The standard InChI is InChI=1S/C20H23FN6O5/c21-15-4-2-1-3-14(15)12-26(6-5-25-7-9-31-10-8-25)17-11-16(22-13-28)20(27(29)30)19-18(17)23-32-24-19/h1-4,11,22,28H,5-10,12-13H2. The summed E-state index contributed by atoms with van der Waals surface area (Å²) in [5.41, 5.74) is 0.818. The molecule has 0 saturated carbocycles. The van der Waals surface area contributed by atoms with E-state index in [1.165, 1.54) is 12.1 Å². The number of morpholine rings is 1. The van der Waals surface area contributed by atoms with Gasteiger partial charge in [-0.1, -0.05) is 18.2 Å². The molecule has 0 aliphatic carbocycles. The largest absolute Gasteiger partial charge is 0.379 e. The number of nitro benzene ring substituents is 1. The van der Waals surface area contributed by atoms with E-state index in [9.17, 15) is 19.6 Å². The van der Waals surface area contributed by atoms with Gasteiger partial charge in [0.1, 0.15) is 18.2 Å². The van der Waals surface area contributed by atoms with E-state index < -0.39 is 11.7 Å². The first-order chi connectivity index (χ1) is 15.6. The van der Waals surface area contributed by atoms with Gasteiger partial charge < -0.3 is 20.1 Å². The number of nitro groups is 1. The molecule has 12 heteroatoms. The molecule has 2 N–H and O–H groups in total. The molecule has 32 heavy (non-hydrogen) atoms. The first kappa shape index (κ1) is 21.9.